The molecule has 0 amide bonds. The molecule has 2 heterocycles. The van der Waals surface area contributed by atoms with Gasteiger partial charge in [-0.2, -0.15) is 16.8 Å². The molecule has 92 valence electrons. The van der Waals surface area contributed by atoms with Crippen LogP contribution in [0.3, 0.4) is 0 Å². The summed E-state index contributed by atoms with van der Waals surface area (Å²) in [5.74, 6) is -1.13. The van der Waals surface area contributed by atoms with Crippen molar-refractivity contribution in [1.82, 2.24) is 0 Å². The third-order valence-corrected chi connectivity index (χ3v) is 3.88. The number of nitrogen functional groups attached to an aromatic ring is 1. The molecule has 2 saturated heterocycles. The Morgan fingerprint density at radius 3 is 2.47 bits per heavy atom. The molecule has 7 heteroatoms. The number of nitrogens with two attached hydrogens (primary N) is 1. The topological polar surface area (TPSA) is 81.9 Å². The number of anilines is 2. The van der Waals surface area contributed by atoms with Gasteiger partial charge in [0.15, 0.2) is 0 Å². The number of nitrogens with zero attached hydrogens (tertiary/aromatic N) is 1. The van der Waals surface area contributed by atoms with E-state index in [1.54, 1.807) is 17.0 Å². The highest BCUT2D eigenvalue weighted by atomic mass is 32.3. The Labute approximate surface area is 99.2 Å². The van der Waals surface area contributed by atoms with Gasteiger partial charge in [0.2, 0.25) is 0 Å². The van der Waals surface area contributed by atoms with Crippen LogP contribution in [0.15, 0.2) is 24.3 Å². The first-order valence-electron chi connectivity index (χ1n) is 5.30. The van der Waals surface area contributed by atoms with Crippen molar-refractivity contribution in [2.75, 3.05) is 17.2 Å². The van der Waals surface area contributed by atoms with E-state index in [2.05, 4.69) is 0 Å². The van der Waals surface area contributed by atoms with E-state index in [0.29, 0.717) is 18.7 Å². The van der Waals surface area contributed by atoms with E-state index >= 15 is 0 Å². The zero-order valence-electron chi connectivity index (χ0n) is 9.00. The normalized spacial score (nSPS) is 24.8. The predicted molar refractivity (Wildman–Crippen MR) is 61.3 cm³/mol. The van der Waals surface area contributed by atoms with Gasteiger partial charge in [-0.3, -0.25) is 0 Å². The molecule has 1 aromatic carbocycles. The van der Waals surface area contributed by atoms with Crippen LogP contribution in [0, 0.1) is 0 Å². The predicted octanol–water partition coefficient (Wildman–Crippen LogP) is 0.814. The first kappa shape index (κ1) is 10.8. The highest BCUT2D eigenvalue weighted by Crippen LogP contribution is 2.44. The molecule has 2 aliphatic heterocycles. The highest BCUT2D eigenvalue weighted by molar-refractivity contribution is 7.82. The smallest absolute Gasteiger partial charge is 0.399 e. The lowest BCUT2D eigenvalue weighted by Crippen LogP contribution is -2.59. The van der Waals surface area contributed by atoms with Gasteiger partial charge in [-0.1, -0.05) is 0 Å². The van der Waals surface area contributed by atoms with Gasteiger partial charge >= 0.3 is 10.4 Å². The molecule has 0 aliphatic carbocycles. The Kier molecular flexibility index (Phi) is 2.13. The highest BCUT2D eigenvalue weighted by Gasteiger charge is 2.59. The average Bonchev–Trinajstić information content (AvgIpc) is 2.61. The molecule has 0 unspecified atom stereocenters. The maximum Gasteiger partial charge on any atom is 0.408 e. The van der Waals surface area contributed by atoms with Crippen LogP contribution in [0.25, 0.3) is 0 Å². The van der Waals surface area contributed by atoms with E-state index in [9.17, 15) is 8.42 Å². The van der Waals surface area contributed by atoms with Crippen molar-refractivity contribution in [2.24, 2.45) is 0 Å². The van der Waals surface area contributed by atoms with Gasteiger partial charge in [0.25, 0.3) is 5.91 Å². The summed E-state index contributed by atoms with van der Waals surface area (Å²) in [6, 6.07) is 7.16. The Bertz CT molecular complexity index is 528. The van der Waals surface area contributed by atoms with E-state index in [0.717, 1.165) is 12.1 Å². The fraction of sp³-hybridized carbons (Fsp3) is 0.400. The zero-order valence-corrected chi connectivity index (χ0v) is 9.81. The maximum absolute atomic E-state index is 11.0. The number of rotatable bonds is 1. The fourth-order valence-electron chi connectivity index (χ4n) is 2.24. The van der Waals surface area contributed by atoms with Gasteiger partial charge in [0.05, 0.1) is 0 Å². The van der Waals surface area contributed by atoms with E-state index < -0.39 is 16.3 Å². The summed E-state index contributed by atoms with van der Waals surface area (Å²) in [5.41, 5.74) is 7.10. The van der Waals surface area contributed by atoms with Gasteiger partial charge < -0.3 is 10.6 Å². The third-order valence-electron chi connectivity index (χ3n) is 2.95. The molecule has 0 atom stereocenters. The zero-order chi connectivity index (χ0) is 12.1. The molecule has 6 nitrogen and oxygen atoms in total. The molecule has 2 aliphatic rings. The molecule has 3 rings (SSSR count). The molecule has 2 fully saturated rings. The molecule has 1 aromatic rings. The van der Waals surface area contributed by atoms with Crippen LogP contribution in [0.2, 0.25) is 0 Å². The summed E-state index contributed by atoms with van der Waals surface area (Å²) in [6.07, 6.45) is 1.36. The van der Waals surface area contributed by atoms with Crippen molar-refractivity contribution in [3.63, 3.8) is 0 Å². The summed E-state index contributed by atoms with van der Waals surface area (Å²) in [5, 5.41) is 0. The van der Waals surface area contributed by atoms with Crippen molar-refractivity contribution in [1.29, 1.82) is 0 Å². The molecular formula is C10H12N2O4S. The summed E-state index contributed by atoms with van der Waals surface area (Å²) in [6.45, 7) is 0.694. The Morgan fingerprint density at radius 1 is 1.24 bits per heavy atom. The molecular weight excluding hydrogens is 244 g/mol. The van der Waals surface area contributed by atoms with Crippen LogP contribution in [0.5, 0.6) is 0 Å². The van der Waals surface area contributed by atoms with Crippen LogP contribution < -0.4 is 10.6 Å². The van der Waals surface area contributed by atoms with Gasteiger partial charge in [-0.15, -0.1) is 0 Å². The summed E-state index contributed by atoms with van der Waals surface area (Å²) in [7, 11) is -3.79. The molecule has 0 bridgehead atoms. The first-order valence-corrected chi connectivity index (χ1v) is 6.64. The molecule has 0 saturated carbocycles. The van der Waals surface area contributed by atoms with Gasteiger partial charge in [0, 0.05) is 24.3 Å². The average molecular weight is 256 g/mol. The lowest BCUT2D eigenvalue weighted by atomic mass is 10.2. The second-order valence-corrected chi connectivity index (χ2v) is 5.28. The van der Waals surface area contributed by atoms with E-state index in [4.69, 9.17) is 14.1 Å². The Morgan fingerprint density at radius 2 is 1.88 bits per heavy atom. The van der Waals surface area contributed by atoms with Crippen LogP contribution >= 0.6 is 0 Å². The van der Waals surface area contributed by atoms with Crippen molar-refractivity contribution < 1.29 is 16.8 Å². The quantitative estimate of drug-likeness (QED) is 0.749. The Hall–Kier alpha value is -1.31. The van der Waals surface area contributed by atoms with Crippen molar-refractivity contribution >= 4 is 21.8 Å². The van der Waals surface area contributed by atoms with E-state index in [-0.39, 0.29) is 0 Å². The van der Waals surface area contributed by atoms with E-state index in [1.807, 2.05) is 12.1 Å². The minimum atomic E-state index is -3.79. The molecule has 2 N–H and O–H groups in total. The SMILES string of the molecule is Nc1ccc(N2CCCC23OS(=O)(=O)O3)cc1. The van der Waals surface area contributed by atoms with Crippen LogP contribution in [-0.4, -0.2) is 20.9 Å². The van der Waals surface area contributed by atoms with Crippen molar-refractivity contribution in [3.05, 3.63) is 24.3 Å². The largest absolute Gasteiger partial charge is 0.408 e. The minimum absolute atomic E-state index is 0.538. The third kappa shape index (κ3) is 1.67. The lowest BCUT2D eigenvalue weighted by Gasteiger charge is -2.42. The van der Waals surface area contributed by atoms with Gasteiger partial charge in [-0.25, -0.2) is 0 Å². The molecule has 0 aromatic heterocycles. The monoisotopic (exact) mass is 256 g/mol. The van der Waals surface area contributed by atoms with Crippen molar-refractivity contribution in [2.45, 2.75) is 18.8 Å². The van der Waals surface area contributed by atoms with Crippen LogP contribution in [0.1, 0.15) is 12.8 Å². The molecule has 1 spiro atoms. The molecule has 0 radical (unpaired) electrons. The van der Waals surface area contributed by atoms with E-state index in [1.165, 1.54) is 0 Å². The van der Waals surface area contributed by atoms with Gasteiger partial charge in [0.1, 0.15) is 0 Å². The van der Waals surface area contributed by atoms with Crippen molar-refractivity contribution in [3.8, 4) is 0 Å². The summed E-state index contributed by atoms with van der Waals surface area (Å²) < 4.78 is 31.8. The van der Waals surface area contributed by atoms with Crippen LogP contribution in [-0.2, 0) is 18.8 Å². The van der Waals surface area contributed by atoms with Gasteiger partial charge in [-0.05, 0) is 30.7 Å². The summed E-state index contributed by atoms with van der Waals surface area (Å²) in [4.78, 5) is 1.80. The Balaban J connectivity index is 1.91. The first-order chi connectivity index (χ1) is 8.01. The standard InChI is InChI=1S/C10H12N2O4S/c11-8-2-4-9(5-3-8)12-7-1-6-10(12)15-17(13,14)16-10/h2-5H,1,6-7,11H2. The lowest BCUT2D eigenvalue weighted by molar-refractivity contribution is -0.177. The fourth-order valence-corrected chi connectivity index (χ4v) is 3.24. The molecule has 17 heavy (non-hydrogen) atoms. The minimum Gasteiger partial charge on any atom is -0.399 e. The van der Waals surface area contributed by atoms with Crippen LogP contribution in [0.4, 0.5) is 11.4 Å². The number of hydrogen-bond donors (Lipinski definition) is 1. The number of hydrogen-bond acceptors (Lipinski definition) is 6. The maximum atomic E-state index is 11.0. The number of benzene rings is 1. The summed E-state index contributed by atoms with van der Waals surface area (Å²) >= 11 is 0. The second kappa shape index (κ2) is 3.34. The second-order valence-electron chi connectivity index (χ2n) is 4.13.